The molecule has 0 unspecified atom stereocenters. The average Bonchev–Trinajstić information content (AvgIpc) is 3.40. The molecule has 0 saturated carbocycles. The average molecular weight is 398 g/mol. The quantitative estimate of drug-likeness (QED) is 0.619. The van der Waals surface area contributed by atoms with Crippen molar-refractivity contribution in [1.82, 2.24) is 10.2 Å². The first-order chi connectivity index (χ1) is 13.6. The van der Waals surface area contributed by atoms with Crippen molar-refractivity contribution in [3.8, 4) is 0 Å². The number of hydrogen-bond donors (Lipinski definition) is 1. The van der Waals surface area contributed by atoms with Crippen molar-refractivity contribution in [2.24, 2.45) is 11.8 Å². The number of fused-ring (bicyclic) bond motifs is 1. The predicted octanol–water partition coefficient (Wildman–Crippen LogP) is 2.47. The van der Waals surface area contributed by atoms with E-state index in [1.165, 1.54) is 16.2 Å². The number of ether oxygens (including phenoxy) is 1. The zero-order valence-corrected chi connectivity index (χ0v) is 16.6. The van der Waals surface area contributed by atoms with Crippen LogP contribution in [-0.4, -0.2) is 35.8 Å². The minimum Gasteiger partial charge on any atom is -0.464 e. The molecule has 2 aromatic rings. The third-order valence-corrected chi connectivity index (χ3v) is 6.60. The van der Waals surface area contributed by atoms with Gasteiger partial charge in [-0.15, -0.1) is 11.3 Å². The molecule has 146 valence electrons. The monoisotopic (exact) mass is 398 g/mol. The molecule has 2 saturated heterocycles. The van der Waals surface area contributed by atoms with Crippen LogP contribution >= 0.6 is 11.3 Å². The van der Waals surface area contributed by atoms with E-state index in [9.17, 15) is 14.4 Å². The zero-order valence-electron chi connectivity index (χ0n) is 15.8. The minimum absolute atomic E-state index is 0.190. The second-order valence-electron chi connectivity index (χ2n) is 6.96. The Morgan fingerprint density at radius 3 is 2.50 bits per heavy atom. The number of esters is 1. The van der Waals surface area contributed by atoms with Gasteiger partial charge in [0.1, 0.15) is 0 Å². The zero-order chi connectivity index (χ0) is 19.9. The Labute approximate surface area is 167 Å². The van der Waals surface area contributed by atoms with Crippen molar-refractivity contribution in [3.63, 3.8) is 0 Å². The highest BCUT2D eigenvalue weighted by atomic mass is 32.1. The number of hydrogen-bond acceptors (Lipinski definition) is 6. The number of amides is 2. The van der Waals surface area contributed by atoms with Crippen molar-refractivity contribution in [2.75, 3.05) is 13.2 Å². The van der Waals surface area contributed by atoms with Gasteiger partial charge in [-0.1, -0.05) is 36.4 Å². The summed E-state index contributed by atoms with van der Waals surface area (Å²) in [5.41, 5.74) is -0.755. The fourth-order valence-corrected chi connectivity index (χ4v) is 5.33. The van der Waals surface area contributed by atoms with Crippen molar-refractivity contribution in [3.05, 3.63) is 58.3 Å². The Bertz CT molecular complexity index is 898. The first-order valence-electron chi connectivity index (χ1n) is 9.45. The SMILES string of the molecule is CCOC(=O)[C@]1(c2ccccc2)N[C@@H](c2cccs2)[C@H]2C(=O)N(CC)C(=O)[C@@H]21. The molecule has 2 amide bonds. The van der Waals surface area contributed by atoms with Crippen LogP contribution in [0, 0.1) is 11.8 Å². The molecule has 7 heteroatoms. The molecule has 3 heterocycles. The summed E-state index contributed by atoms with van der Waals surface area (Å²) in [5.74, 6) is -2.55. The lowest BCUT2D eigenvalue weighted by molar-refractivity contribution is -0.157. The number of carbonyl (C=O) groups is 3. The van der Waals surface area contributed by atoms with E-state index in [0.29, 0.717) is 5.56 Å². The Hall–Kier alpha value is -2.51. The van der Waals surface area contributed by atoms with E-state index in [4.69, 9.17) is 4.74 Å². The molecule has 0 bridgehead atoms. The number of thiophene rings is 1. The summed E-state index contributed by atoms with van der Waals surface area (Å²) in [6.07, 6.45) is 0. The van der Waals surface area contributed by atoms with Crippen LogP contribution in [0.15, 0.2) is 47.8 Å². The Morgan fingerprint density at radius 2 is 1.89 bits per heavy atom. The second kappa shape index (κ2) is 7.14. The molecule has 28 heavy (non-hydrogen) atoms. The maximum absolute atomic E-state index is 13.3. The molecule has 6 nitrogen and oxygen atoms in total. The summed E-state index contributed by atoms with van der Waals surface area (Å²) in [7, 11) is 0. The topological polar surface area (TPSA) is 75.7 Å². The van der Waals surface area contributed by atoms with Gasteiger partial charge in [0.2, 0.25) is 11.8 Å². The minimum atomic E-state index is -1.40. The van der Waals surface area contributed by atoms with Gasteiger partial charge in [0.25, 0.3) is 0 Å². The lowest BCUT2D eigenvalue weighted by Crippen LogP contribution is -2.53. The first-order valence-corrected chi connectivity index (χ1v) is 10.3. The van der Waals surface area contributed by atoms with E-state index in [1.807, 2.05) is 47.8 Å². The highest BCUT2D eigenvalue weighted by molar-refractivity contribution is 7.10. The summed E-state index contributed by atoms with van der Waals surface area (Å²) in [6, 6.07) is 12.5. The molecule has 2 aliphatic rings. The van der Waals surface area contributed by atoms with Crippen LogP contribution in [0.5, 0.6) is 0 Å². The van der Waals surface area contributed by atoms with Crippen molar-refractivity contribution in [1.29, 1.82) is 0 Å². The number of nitrogens with one attached hydrogen (secondary N) is 1. The van der Waals surface area contributed by atoms with E-state index in [0.717, 1.165) is 4.88 Å². The molecular formula is C21H22N2O4S. The molecule has 0 radical (unpaired) electrons. The van der Waals surface area contributed by atoms with Gasteiger partial charge in [-0.05, 0) is 30.9 Å². The normalized spacial score (nSPS) is 29.2. The highest BCUT2D eigenvalue weighted by Gasteiger charge is 2.69. The van der Waals surface area contributed by atoms with Gasteiger partial charge in [0, 0.05) is 11.4 Å². The van der Waals surface area contributed by atoms with Gasteiger partial charge in [-0.25, -0.2) is 4.79 Å². The molecular weight excluding hydrogens is 376 g/mol. The van der Waals surface area contributed by atoms with Crippen molar-refractivity contribution >= 4 is 29.1 Å². The van der Waals surface area contributed by atoms with E-state index in [-0.39, 0.29) is 25.0 Å². The van der Waals surface area contributed by atoms with Crippen molar-refractivity contribution < 1.29 is 19.1 Å². The molecule has 1 N–H and O–H groups in total. The lowest BCUT2D eigenvalue weighted by atomic mass is 9.75. The van der Waals surface area contributed by atoms with Gasteiger partial charge in [0.05, 0.1) is 24.5 Å². The fraction of sp³-hybridized carbons (Fsp3) is 0.381. The number of rotatable bonds is 5. The van der Waals surface area contributed by atoms with Crippen LogP contribution < -0.4 is 5.32 Å². The Morgan fingerprint density at radius 1 is 1.14 bits per heavy atom. The summed E-state index contributed by atoms with van der Waals surface area (Å²) >= 11 is 1.51. The molecule has 2 fully saturated rings. The highest BCUT2D eigenvalue weighted by Crippen LogP contribution is 2.53. The standard InChI is InChI=1S/C21H22N2O4S/c1-3-23-18(24)15-16(19(23)25)21(20(26)27-4-2,13-9-6-5-7-10-13)22-17(15)14-11-8-12-28-14/h5-12,15-17,22H,3-4H2,1-2H3/t15-,16+,17-,21+/m0/s1. The van der Waals surface area contributed by atoms with Crippen LogP contribution in [0.25, 0.3) is 0 Å². The molecule has 1 aromatic heterocycles. The van der Waals surface area contributed by atoms with Gasteiger partial charge in [-0.3, -0.25) is 19.8 Å². The van der Waals surface area contributed by atoms with Gasteiger partial charge < -0.3 is 4.74 Å². The fourth-order valence-electron chi connectivity index (χ4n) is 4.51. The van der Waals surface area contributed by atoms with Crippen molar-refractivity contribution in [2.45, 2.75) is 25.4 Å². The number of nitrogens with zero attached hydrogens (tertiary/aromatic N) is 1. The Balaban J connectivity index is 1.93. The number of imide groups is 1. The number of carbonyl (C=O) groups excluding carboxylic acids is 3. The largest absolute Gasteiger partial charge is 0.464 e. The third-order valence-electron chi connectivity index (χ3n) is 5.64. The summed E-state index contributed by atoms with van der Waals surface area (Å²) in [4.78, 5) is 42.0. The van der Waals surface area contributed by atoms with Gasteiger partial charge >= 0.3 is 5.97 Å². The number of benzene rings is 1. The maximum atomic E-state index is 13.3. The maximum Gasteiger partial charge on any atom is 0.331 e. The van der Waals surface area contributed by atoms with Gasteiger partial charge in [-0.2, -0.15) is 0 Å². The lowest BCUT2D eigenvalue weighted by Gasteiger charge is -2.33. The van der Waals surface area contributed by atoms with E-state index < -0.39 is 29.4 Å². The molecule has 2 aliphatic heterocycles. The summed E-state index contributed by atoms with van der Waals surface area (Å²) < 4.78 is 5.43. The molecule has 0 spiro atoms. The Kier molecular flexibility index (Phi) is 4.81. The van der Waals surface area contributed by atoms with Crippen LogP contribution in [-0.2, 0) is 24.7 Å². The van der Waals surface area contributed by atoms with Crippen LogP contribution in [0.1, 0.15) is 30.3 Å². The molecule has 4 atom stereocenters. The van der Waals surface area contributed by atoms with E-state index in [2.05, 4.69) is 5.32 Å². The number of likely N-dealkylation sites (tertiary alicyclic amines) is 1. The van der Waals surface area contributed by atoms with E-state index >= 15 is 0 Å². The molecule has 4 rings (SSSR count). The van der Waals surface area contributed by atoms with Crippen LogP contribution in [0.2, 0.25) is 0 Å². The van der Waals surface area contributed by atoms with E-state index in [1.54, 1.807) is 13.8 Å². The van der Waals surface area contributed by atoms with Crippen LogP contribution in [0.3, 0.4) is 0 Å². The molecule has 1 aromatic carbocycles. The molecule has 0 aliphatic carbocycles. The third kappa shape index (κ3) is 2.53. The van der Waals surface area contributed by atoms with Crippen LogP contribution in [0.4, 0.5) is 0 Å². The predicted molar refractivity (Wildman–Crippen MR) is 104 cm³/mol. The van der Waals surface area contributed by atoms with Gasteiger partial charge in [0.15, 0.2) is 5.54 Å². The second-order valence-corrected chi connectivity index (χ2v) is 7.94. The summed E-state index contributed by atoms with van der Waals surface area (Å²) in [5, 5.41) is 5.31. The smallest absolute Gasteiger partial charge is 0.331 e. The summed E-state index contributed by atoms with van der Waals surface area (Å²) in [6.45, 7) is 3.99. The first kappa shape index (κ1) is 18.8.